The van der Waals surface area contributed by atoms with E-state index in [1.54, 1.807) is 6.07 Å². The molecule has 0 unspecified atom stereocenters. The first-order valence-corrected chi connectivity index (χ1v) is 12.6. The van der Waals surface area contributed by atoms with E-state index in [2.05, 4.69) is 5.32 Å². The van der Waals surface area contributed by atoms with Gasteiger partial charge in [-0.25, -0.2) is 4.79 Å². The lowest BCUT2D eigenvalue weighted by Gasteiger charge is -2.50. The van der Waals surface area contributed by atoms with Crippen LogP contribution in [0.4, 0.5) is 4.79 Å². The maximum Gasteiger partial charge on any atom is 0.407 e. The zero-order valence-electron chi connectivity index (χ0n) is 22.1. The number of aliphatic hydroxyl groups is 3. The van der Waals surface area contributed by atoms with Crippen LogP contribution in [0, 0.1) is 17.8 Å². The van der Waals surface area contributed by atoms with Crippen LogP contribution in [0.15, 0.2) is 29.0 Å². The highest BCUT2D eigenvalue weighted by Crippen LogP contribution is 2.52. The van der Waals surface area contributed by atoms with Crippen LogP contribution < -0.4 is 11.1 Å². The first kappa shape index (κ1) is 28.1. The van der Waals surface area contributed by atoms with Crippen LogP contribution in [0.5, 0.6) is 5.75 Å². The highest BCUT2D eigenvalue weighted by atomic mass is 16.5. The highest BCUT2D eigenvalue weighted by Gasteiger charge is 2.64. The van der Waals surface area contributed by atoms with E-state index in [1.165, 1.54) is 25.1 Å². The summed E-state index contributed by atoms with van der Waals surface area (Å²) >= 11 is 0. The van der Waals surface area contributed by atoms with Gasteiger partial charge < -0.3 is 36.2 Å². The molecule has 1 fully saturated rings. The number of hydrogen-bond acceptors (Lipinski definition) is 10. The molecule has 210 valence electrons. The fourth-order valence-corrected chi connectivity index (χ4v) is 5.93. The normalized spacial score (nSPS) is 26.4. The molecule has 12 nitrogen and oxygen atoms in total. The number of ketones is 2. The smallest absolute Gasteiger partial charge is 0.407 e. The van der Waals surface area contributed by atoms with Crippen molar-refractivity contribution >= 4 is 29.3 Å². The number of likely N-dealkylation sites (N-methyl/N-ethyl adjacent to an activating group) is 1. The van der Waals surface area contributed by atoms with Crippen molar-refractivity contribution in [3.63, 3.8) is 0 Å². The molecule has 0 heterocycles. The van der Waals surface area contributed by atoms with Gasteiger partial charge in [0.2, 0.25) is 5.78 Å². The van der Waals surface area contributed by atoms with Gasteiger partial charge in [-0.15, -0.1) is 0 Å². The number of amides is 2. The summed E-state index contributed by atoms with van der Waals surface area (Å²) in [5.41, 5.74) is 2.53. The number of carbonyl (C=O) groups excluding carboxylic acids is 4. The molecule has 1 aromatic rings. The first-order valence-electron chi connectivity index (χ1n) is 12.6. The van der Waals surface area contributed by atoms with Gasteiger partial charge in [-0.2, -0.15) is 0 Å². The minimum atomic E-state index is -2.69. The third-order valence-corrected chi connectivity index (χ3v) is 7.67. The lowest BCUT2D eigenvalue weighted by molar-refractivity contribution is -0.153. The van der Waals surface area contributed by atoms with Gasteiger partial charge in [0, 0.05) is 18.0 Å². The number of ether oxygens (including phenoxy) is 1. The molecule has 0 saturated heterocycles. The third kappa shape index (κ3) is 4.43. The second-order valence-electron chi connectivity index (χ2n) is 10.9. The Morgan fingerprint density at radius 3 is 2.46 bits per heavy atom. The molecule has 0 spiro atoms. The maximum absolute atomic E-state index is 13.8. The number of nitrogens with zero attached hydrogens (tertiary/aromatic N) is 1. The molecule has 7 N–H and O–H groups in total. The number of primary amides is 1. The number of alkyl carbamates (subject to hydrolysis) is 1. The summed E-state index contributed by atoms with van der Waals surface area (Å²) in [5, 5.41) is 47.0. The van der Waals surface area contributed by atoms with Gasteiger partial charge in [0.25, 0.3) is 5.91 Å². The second kappa shape index (κ2) is 10.0. The number of nitrogens with one attached hydrogen (secondary N) is 1. The Hall–Kier alpha value is -3.90. The van der Waals surface area contributed by atoms with Gasteiger partial charge in [-0.3, -0.25) is 19.3 Å². The molecular weight excluding hydrogens is 510 g/mol. The molecule has 3 aliphatic carbocycles. The Bertz CT molecular complexity index is 1330. The average molecular weight is 544 g/mol. The number of hydrogen-bond donors (Lipinski definition) is 6. The van der Waals surface area contributed by atoms with Crippen molar-refractivity contribution in [2.45, 2.75) is 44.9 Å². The van der Waals surface area contributed by atoms with Crippen LogP contribution in [0.25, 0.3) is 5.76 Å². The molecule has 1 saturated carbocycles. The zero-order chi connectivity index (χ0) is 29.0. The quantitative estimate of drug-likeness (QED) is 0.279. The van der Waals surface area contributed by atoms with Crippen molar-refractivity contribution in [2.75, 3.05) is 20.7 Å². The SMILES string of the molecule is CC(C)COC(=O)NCc1ccc(O)c2c1C[C@@H]1C[C@@H]3[C@@H](N(C)C)C(=O)C(C(N)=O)=C(O)[C@]3(O)C(=O)C1=C2O. The molecular formula is C27H33N3O9. The molecule has 0 radical (unpaired) electrons. The van der Waals surface area contributed by atoms with Crippen LogP contribution in [0.3, 0.4) is 0 Å². The van der Waals surface area contributed by atoms with Crippen molar-refractivity contribution in [3.8, 4) is 5.75 Å². The average Bonchev–Trinajstić information content (AvgIpc) is 2.84. The van der Waals surface area contributed by atoms with Gasteiger partial charge in [0.15, 0.2) is 11.4 Å². The van der Waals surface area contributed by atoms with E-state index in [0.29, 0.717) is 11.1 Å². The molecule has 1 aromatic carbocycles. The van der Waals surface area contributed by atoms with Gasteiger partial charge >= 0.3 is 6.09 Å². The monoisotopic (exact) mass is 543 g/mol. The van der Waals surface area contributed by atoms with E-state index in [-0.39, 0.29) is 48.8 Å². The summed E-state index contributed by atoms with van der Waals surface area (Å²) in [4.78, 5) is 52.6. The zero-order valence-corrected chi connectivity index (χ0v) is 22.1. The van der Waals surface area contributed by atoms with Gasteiger partial charge in [-0.1, -0.05) is 19.9 Å². The van der Waals surface area contributed by atoms with Crippen LogP contribution in [-0.2, 0) is 32.1 Å². The van der Waals surface area contributed by atoms with E-state index in [1.807, 2.05) is 13.8 Å². The third-order valence-electron chi connectivity index (χ3n) is 7.67. The molecule has 0 aromatic heterocycles. The van der Waals surface area contributed by atoms with E-state index in [0.717, 1.165) is 0 Å². The molecule has 3 aliphatic rings. The van der Waals surface area contributed by atoms with E-state index < -0.39 is 64.1 Å². The van der Waals surface area contributed by atoms with Crippen molar-refractivity contribution in [3.05, 3.63) is 45.7 Å². The summed E-state index contributed by atoms with van der Waals surface area (Å²) in [7, 11) is 3.07. The molecule has 4 atom stereocenters. The summed E-state index contributed by atoms with van der Waals surface area (Å²) in [6.07, 6.45) is -0.534. The number of fused-ring (bicyclic) bond motifs is 3. The number of aliphatic hydroxyl groups excluding tert-OH is 2. The Morgan fingerprint density at radius 2 is 1.87 bits per heavy atom. The Balaban J connectivity index is 1.79. The number of carbonyl (C=O) groups is 4. The Labute approximate surface area is 224 Å². The number of Topliss-reactive ketones (excluding diaryl/α,β-unsaturated/α-hetero) is 2. The molecule has 39 heavy (non-hydrogen) atoms. The molecule has 4 rings (SSSR count). The molecule has 2 amide bonds. The fourth-order valence-electron chi connectivity index (χ4n) is 5.93. The predicted molar refractivity (Wildman–Crippen MR) is 137 cm³/mol. The summed E-state index contributed by atoms with van der Waals surface area (Å²) in [6, 6.07) is 1.72. The summed E-state index contributed by atoms with van der Waals surface area (Å²) in [5.74, 6) is -6.97. The Kier molecular flexibility index (Phi) is 7.21. The van der Waals surface area contributed by atoms with E-state index in [9.17, 15) is 39.6 Å². The minimum Gasteiger partial charge on any atom is -0.508 e. The maximum atomic E-state index is 13.8. The number of rotatable bonds is 6. The minimum absolute atomic E-state index is 0.0144. The lowest BCUT2D eigenvalue weighted by atomic mass is 9.57. The van der Waals surface area contributed by atoms with Crippen molar-refractivity contribution < 1.29 is 44.3 Å². The molecule has 0 aliphatic heterocycles. The lowest BCUT2D eigenvalue weighted by Crippen LogP contribution is -2.65. The number of nitrogens with two attached hydrogens (primary N) is 1. The van der Waals surface area contributed by atoms with E-state index in [4.69, 9.17) is 10.5 Å². The predicted octanol–water partition coefficient (Wildman–Crippen LogP) is 0.846. The molecule has 12 heteroatoms. The summed E-state index contributed by atoms with van der Waals surface area (Å²) in [6.45, 7) is 4.04. The highest BCUT2D eigenvalue weighted by molar-refractivity contribution is 6.24. The van der Waals surface area contributed by atoms with Crippen LogP contribution in [0.2, 0.25) is 0 Å². The number of benzene rings is 1. The second-order valence-corrected chi connectivity index (χ2v) is 10.9. The topological polar surface area (TPSA) is 200 Å². The first-order chi connectivity index (χ1) is 18.2. The largest absolute Gasteiger partial charge is 0.508 e. The standard InChI is InChI=1S/C27H33N3O9/c1-11(2)10-39-26(37)29-9-12-5-6-16(31)18-14(12)7-13-8-15-20(30(3)4)22(33)19(25(28)36)24(35)27(15,38)23(34)17(13)21(18)32/h5-6,11,13,15,20,31-32,35,38H,7-10H2,1-4H3,(H2,28,36)(H,29,37)/t13-,15-,20-,27-/m1/s1. The van der Waals surface area contributed by atoms with Crippen molar-refractivity contribution in [2.24, 2.45) is 23.5 Å². The number of phenols is 1. The van der Waals surface area contributed by atoms with Gasteiger partial charge in [0.05, 0.1) is 18.2 Å². The number of phenolic OH excluding ortho intramolecular Hbond substituents is 1. The van der Waals surface area contributed by atoms with Crippen LogP contribution in [0.1, 0.15) is 37.0 Å². The Morgan fingerprint density at radius 1 is 1.21 bits per heavy atom. The molecule has 0 bridgehead atoms. The van der Waals surface area contributed by atoms with Gasteiger partial charge in [-0.05, 0) is 56.0 Å². The van der Waals surface area contributed by atoms with Crippen LogP contribution >= 0.6 is 0 Å². The number of aromatic hydroxyl groups is 1. The van der Waals surface area contributed by atoms with Crippen molar-refractivity contribution in [1.29, 1.82) is 0 Å². The van der Waals surface area contributed by atoms with Crippen molar-refractivity contribution in [1.82, 2.24) is 10.2 Å². The fraction of sp³-hybridized carbons (Fsp3) is 0.481. The van der Waals surface area contributed by atoms with Crippen LogP contribution in [-0.4, -0.2) is 81.2 Å². The van der Waals surface area contributed by atoms with Gasteiger partial charge in [0.1, 0.15) is 22.8 Å². The summed E-state index contributed by atoms with van der Waals surface area (Å²) < 4.78 is 5.14. The van der Waals surface area contributed by atoms with E-state index >= 15 is 0 Å².